The maximum atomic E-state index is 5.89. The van der Waals surface area contributed by atoms with Crippen molar-refractivity contribution >= 4 is 45.8 Å². The second-order valence-corrected chi connectivity index (χ2v) is 36.5. The minimum absolute atomic E-state index is 0.450. The van der Waals surface area contributed by atoms with Crippen LogP contribution >= 0.6 is 11.5 Å². The quantitative estimate of drug-likeness (QED) is 0.0693. The van der Waals surface area contributed by atoms with Crippen molar-refractivity contribution in [2.75, 3.05) is 27.9 Å². The molecule has 1 aliphatic heterocycles. The summed E-state index contributed by atoms with van der Waals surface area (Å²) in [5, 5.41) is 12.2. The van der Waals surface area contributed by atoms with Gasteiger partial charge in [0.25, 0.3) is 0 Å². The molecule has 20 nitrogen and oxygen atoms in total. The fourth-order valence-electron chi connectivity index (χ4n) is 13.7. The van der Waals surface area contributed by atoms with Gasteiger partial charge in [-0.3, -0.25) is 0 Å². The van der Waals surface area contributed by atoms with Crippen LogP contribution in [0.4, 0.5) is 0 Å². The number of ether oxygens (including phenoxy) is 4. The molecule has 0 radical (unpaired) electrons. The van der Waals surface area contributed by atoms with Crippen LogP contribution in [0.15, 0.2) is 177 Å². The summed E-state index contributed by atoms with van der Waals surface area (Å²) >= 11 is 1.55. The highest BCUT2D eigenvalue weighted by Gasteiger charge is 2.36. The van der Waals surface area contributed by atoms with E-state index < -0.39 is 8.07 Å². The van der Waals surface area contributed by atoms with E-state index in [0.717, 1.165) is 104 Å². The molecule has 0 fully saturated rings. The number of aryl methyl sites for hydroxylation is 5. The Morgan fingerprint density at radius 3 is 1.41 bits per heavy atom. The van der Waals surface area contributed by atoms with Gasteiger partial charge in [0, 0.05) is 60.8 Å². The Kier molecular flexibility index (Phi) is 28.0. The Morgan fingerprint density at radius 1 is 0.468 bits per heavy atom. The molecule has 22 heteroatoms. The van der Waals surface area contributed by atoms with Gasteiger partial charge in [0.2, 0.25) is 0 Å². The number of benzene rings is 6. The van der Waals surface area contributed by atoms with Crippen molar-refractivity contribution in [3.63, 3.8) is 0 Å². The van der Waals surface area contributed by atoms with Crippen LogP contribution < -0.4 is 19.4 Å². The van der Waals surface area contributed by atoms with E-state index in [4.69, 9.17) is 23.5 Å². The Balaban J connectivity index is 0.000000142. The molecule has 15 rings (SSSR count). The third-order valence-electron chi connectivity index (χ3n) is 19.8. The largest absolute Gasteiger partial charge is 0.495 e. The molecule has 584 valence electrons. The van der Waals surface area contributed by atoms with Gasteiger partial charge in [-0.2, -0.15) is 9.47 Å². The van der Waals surface area contributed by atoms with Crippen molar-refractivity contribution < 1.29 is 23.5 Å². The molecule has 111 heavy (non-hydrogen) atoms. The molecule has 0 bridgehead atoms. The van der Waals surface area contributed by atoms with E-state index in [1.165, 1.54) is 56.1 Å². The summed E-state index contributed by atoms with van der Waals surface area (Å²) in [5.74, 6) is 6.41. The molecule has 14 aromatic rings. The second-order valence-electron chi connectivity index (χ2n) is 30.9. The van der Waals surface area contributed by atoms with Crippen molar-refractivity contribution in [2.45, 2.75) is 199 Å². The van der Waals surface area contributed by atoms with Crippen LogP contribution in [-0.2, 0) is 17.8 Å². The van der Waals surface area contributed by atoms with Crippen LogP contribution in [0.2, 0.25) is 19.1 Å². The lowest BCUT2D eigenvalue weighted by molar-refractivity contribution is 0.182. The molecule has 0 aliphatic carbocycles. The van der Waals surface area contributed by atoms with E-state index in [2.05, 4.69) is 255 Å². The van der Waals surface area contributed by atoms with Gasteiger partial charge in [-0.05, 0) is 199 Å². The average Bonchev–Trinajstić information content (AvgIpc) is 1.61. The maximum absolute atomic E-state index is 5.89. The van der Waals surface area contributed by atoms with E-state index in [0.29, 0.717) is 42.1 Å². The van der Waals surface area contributed by atoms with Gasteiger partial charge in [-0.15, -0.1) is 0 Å². The number of imidazole rings is 5. The topological polar surface area (TPSA) is 196 Å². The number of fused-ring (bicyclic) bond motifs is 3. The zero-order valence-electron chi connectivity index (χ0n) is 69.3. The molecule has 0 spiro atoms. The SMILES string of the molecule is CCCOc1cc(C(C)C)ccc1-n1cnc(C)c1.COCc1cn(-c2ccc(C(C)C)cc2OC)cn1.COc1cc(C(C)C)ccc1-n1cnc(C)n1.Cc1cn(-c2ccc(C(C)C)c3c2[Si](C)(C)CC3)cn1.Cc1cn(-c2ccc(C(C)C)c3cnoc23)cn1.Cc1cn(-c2ccc(C(C)C)c3cnsc23)cn1. The first kappa shape index (κ1) is 82.9. The third-order valence-corrected chi connectivity index (χ3v) is 24.0. The zero-order valence-corrected chi connectivity index (χ0v) is 71.1. The predicted molar refractivity (Wildman–Crippen MR) is 453 cm³/mol. The van der Waals surface area contributed by atoms with Crippen molar-refractivity contribution in [3.05, 3.63) is 246 Å². The molecule has 0 N–H and O–H groups in total. The minimum Gasteiger partial charge on any atom is -0.495 e. The molecule has 9 heterocycles. The van der Waals surface area contributed by atoms with Gasteiger partial charge in [0.1, 0.15) is 35.1 Å². The summed E-state index contributed by atoms with van der Waals surface area (Å²) in [6.45, 7) is 44.7. The summed E-state index contributed by atoms with van der Waals surface area (Å²) in [4.78, 5) is 25.6. The standard InChI is InChI=1S/C17H24N2Si.C16H22N2O.C15H20N2O2.C14H15N3O.C14H15N3S.C13H17N3O/c1-12(2)14-6-7-16(19-10-13(3)18-11-19)17-15(14)8-9-20(17,4)5;1-5-8-19-16-9-14(12(2)3)6-7-15(16)18-10-13(4)17-11-18;1-11(2)12-5-6-14(15(7-12)19-4)17-8-13(9-18-3)16-10-17;2*1-9(2)11-4-5-13(14-12(11)6-16-18-14)17-7-10(3)15-8-17;1-9(2)11-5-6-12(13(7-11)17-4)16-8-14-10(3)15-16/h6-7,10-12H,8-9H2,1-5H3;6-7,9-12H,5,8H2,1-4H3;5-8,10-11H,9H2,1-4H3;2*4-9H,1-3H3;5-9H,1-4H3. The van der Waals surface area contributed by atoms with Gasteiger partial charge in [0.15, 0.2) is 5.58 Å². The van der Waals surface area contributed by atoms with Crippen LogP contribution in [0, 0.1) is 34.6 Å². The van der Waals surface area contributed by atoms with E-state index >= 15 is 0 Å². The summed E-state index contributed by atoms with van der Waals surface area (Å²) in [6, 6.07) is 33.4. The Morgan fingerprint density at radius 2 is 0.919 bits per heavy atom. The lowest BCUT2D eigenvalue weighted by atomic mass is 9.95. The van der Waals surface area contributed by atoms with E-state index in [1.807, 2.05) is 97.4 Å². The Bertz CT molecular complexity index is 5220. The zero-order chi connectivity index (χ0) is 80.0. The monoisotopic (exact) mass is 1530 g/mol. The molecule has 0 saturated heterocycles. The van der Waals surface area contributed by atoms with Gasteiger partial charge in [-0.25, -0.2) is 34.6 Å². The number of aromatic nitrogens is 15. The van der Waals surface area contributed by atoms with Crippen molar-refractivity contribution in [1.29, 1.82) is 0 Å². The predicted octanol–water partition coefficient (Wildman–Crippen LogP) is 21.1. The second kappa shape index (κ2) is 37.4. The number of hydrogen-bond acceptors (Lipinski definition) is 15. The van der Waals surface area contributed by atoms with Gasteiger partial charge in [0.05, 0.1) is 129 Å². The summed E-state index contributed by atoms with van der Waals surface area (Å²) < 4.78 is 44.8. The molecule has 0 saturated carbocycles. The minimum atomic E-state index is -1.30. The number of methoxy groups -OCH3 is 3. The van der Waals surface area contributed by atoms with Crippen molar-refractivity contribution in [1.82, 2.24) is 72.1 Å². The summed E-state index contributed by atoms with van der Waals surface area (Å²) in [7, 11) is 3.72. The summed E-state index contributed by atoms with van der Waals surface area (Å²) in [5.41, 5.74) is 21.9. The first-order chi connectivity index (χ1) is 53.1. The molecule has 1 aliphatic rings. The molecular weight excluding hydrogens is 1420 g/mol. The average molecular weight is 1530 g/mol. The van der Waals surface area contributed by atoms with Gasteiger partial charge < -0.3 is 46.3 Å². The van der Waals surface area contributed by atoms with Crippen LogP contribution in [0.3, 0.4) is 0 Å². The van der Waals surface area contributed by atoms with E-state index in [-0.39, 0.29) is 0 Å². The number of nitrogens with zero attached hydrogens (tertiary/aromatic N) is 15. The first-order valence-corrected chi connectivity index (χ1v) is 42.6. The highest BCUT2D eigenvalue weighted by molar-refractivity contribution is 7.13. The fourth-order valence-corrected chi connectivity index (χ4v) is 17.6. The van der Waals surface area contributed by atoms with Crippen LogP contribution in [0.1, 0.15) is 205 Å². The van der Waals surface area contributed by atoms with Crippen molar-refractivity contribution in [2.24, 2.45) is 0 Å². The van der Waals surface area contributed by atoms with E-state index in [9.17, 15) is 0 Å². The molecular formula is C89H113N15O5SSi. The smallest absolute Gasteiger partial charge is 0.191 e. The highest BCUT2D eigenvalue weighted by atomic mass is 32.1. The number of rotatable bonds is 19. The Labute approximate surface area is 661 Å². The van der Waals surface area contributed by atoms with Crippen LogP contribution in [0.5, 0.6) is 17.2 Å². The van der Waals surface area contributed by atoms with Crippen LogP contribution in [-0.4, -0.2) is 108 Å². The number of hydrogen-bond donors (Lipinski definition) is 0. The van der Waals surface area contributed by atoms with Gasteiger partial charge >= 0.3 is 0 Å². The normalized spacial score (nSPS) is 12.2. The van der Waals surface area contributed by atoms with Gasteiger partial charge in [-0.1, -0.05) is 145 Å². The first-order valence-electron chi connectivity index (χ1n) is 38.6. The molecule has 0 amide bonds. The lowest BCUT2D eigenvalue weighted by Gasteiger charge is -2.23. The fraction of sp³-hybridized carbons (Fsp3) is 0.382. The molecule has 0 atom stereocenters. The third kappa shape index (κ3) is 20.2. The summed E-state index contributed by atoms with van der Waals surface area (Å²) in [6.07, 6.45) is 27.1. The maximum Gasteiger partial charge on any atom is 0.191 e. The Hall–Kier alpha value is -10.6. The van der Waals surface area contributed by atoms with Crippen molar-refractivity contribution in [3.8, 4) is 51.4 Å². The molecule has 8 aromatic heterocycles. The molecule has 0 unspecified atom stereocenters. The van der Waals surface area contributed by atoms with Crippen LogP contribution in [0.25, 0.3) is 55.2 Å². The van der Waals surface area contributed by atoms with E-state index in [1.54, 1.807) is 79.0 Å². The molecule has 6 aromatic carbocycles. The highest BCUT2D eigenvalue weighted by Crippen LogP contribution is 2.37. The lowest BCUT2D eigenvalue weighted by Crippen LogP contribution is -2.40.